The van der Waals surface area contributed by atoms with E-state index >= 15 is 0 Å². The summed E-state index contributed by atoms with van der Waals surface area (Å²) in [4.78, 5) is 14.4. The van der Waals surface area contributed by atoms with Gasteiger partial charge in [-0.2, -0.15) is 0 Å². The van der Waals surface area contributed by atoms with Crippen LogP contribution in [0.1, 0.15) is 0 Å². The Balaban J connectivity index is 2.14. The first-order chi connectivity index (χ1) is 9.06. The van der Waals surface area contributed by atoms with E-state index in [9.17, 15) is 9.18 Å². The van der Waals surface area contributed by atoms with Gasteiger partial charge in [-0.3, -0.25) is 9.78 Å². The number of rotatable bonds is 5. The van der Waals surface area contributed by atoms with Gasteiger partial charge in [0.05, 0.1) is 11.3 Å². The number of carboxylic acid groups (broad SMARTS) is 1. The molecule has 0 bridgehead atoms. The van der Waals surface area contributed by atoms with Crippen LogP contribution in [0.2, 0.25) is 0 Å². The van der Waals surface area contributed by atoms with Crippen LogP contribution in [-0.4, -0.2) is 27.8 Å². The van der Waals surface area contributed by atoms with E-state index in [0.717, 1.165) is 21.6 Å². The fourth-order valence-electron chi connectivity index (χ4n) is 1.45. The van der Waals surface area contributed by atoms with E-state index in [-0.39, 0.29) is 17.4 Å². The molecule has 7 heteroatoms. The van der Waals surface area contributed by atoms with E-state index in [1.807, 2.05) is 0 Å². The summed E-state index contributed by atoms with van der Waals surface area (Å²) in [6, 6.07) is 4.64. The lowest BCUT2D eigenvalue weighted by Crippen LogP contribution is -2.02. The average Bonchev–Trinajstić information content (AvgIpc) is 2.35. The SMILES string of the molecule is O=C(O)CSCOc1cc2cc(Br)cnc2cc1F. The zero-order valence-corrected chi connectivity index (χ0v) is 12.0. The highest BCUT2D eigenvalue weighted by Crippen LogP contribution is 2.26. The lowest BCUT2D eigenvalue weighted by Gasteiger charge is -2.07. The largest absolute Gasteiger partial charge is 0.481 e. The van der Waals surface area contributed by atoms with Crippen LogP contribution in [0.3, 0.4) is 0 Å². The molecule has 0 saturated carbocycles. The summed E-state index contributed by atoms with van der Waals surface area (Å²) < 4.78 is 19.7. The smallest absolute Gasteiger partial charge is 0.313 e. The number of nitrogens with zero attached hydrogens (tertiary/aromatic N) is 1. The Morgan fingerprint density at radius 3 is 3.00 bits per heavy atom. The molecule has 0 amide bonds. The van der Waals surface area contributed by atoms with Gasteiger partial charge in [0.25, 0.3) is 0 Å². The first-order valence-electron chi connectivity index (χ1n) is 5.23. The summed E-state index contributed by atoms with van der Waals surface area (Å²) in [7, 11) is 0. The maximum Gasteiger partial charge on any atom is 0.313 e. The number of carbonyl (C=O) groups is 1. The lowest BCUT2D eigenvalue weighted by molar-refractivity contribution is -0.133. The fourth-order valence-corrected chi connectivity index (χ4v) is 2.27. The molecule has 0 saturated heterocycles. The van der Waals surface area contributed by atoms with Crippen LogP contribution in [0, 0.1) is 5.82 Å². The van der Waals surface area contributed by atoms with Gasteiger partial charge >= 0.3 is 5.97 Å². The average molecular weight is 346 g/mol. The van der Waals surface area contributed by atoms with Crippen LogP contribution in [0.5, 0.6) is 5.75 Å². The van der Waals surface area contributed by atoms with E-state index < -0.39 is 11.8 Å². The van der Waals surface area contributed by atoms with Crippen molar-refractivity contribution in [1.82, 2.24) is 4.98 Å². The first kappa shape index (κ1) is 14.1. The van der Waals surface area contributed by atoms with E-state index in [0.29, 0.717) is 5.52 Å². The minimum atomic E-state index is -0.930. The molecule has 0 unspecified atom stereocenters. The Hall–Kier alpha value is -1.34. The summed E-state index contributed by atoms with van der Waals surface area (Å²) in [6.07, 6.45) is 1.59. The van der Waals surface area contributed by atoms with Gasteiger partial charge in [0, 0.05) is 22.1 Å². The highest BCUT2D eigenvalue weighted by atomic mass is 79.9. The maximum atomic E-state index is 13.7. The number of benzene rings is 1. The molecule has 0 aliphatic carbocycles. The number of aliphatic carboxylic acids is 1. The minimum absolute atomic E-state index is 0.0795. The minimum Gasteiger partial charge on any atom is -0.481 e. The van der Waals surface area contributed by atoms with Crippen molar-refractivity contribution < 1.29 is 19.0 Å². The molecule has 0 radical (unpaired) electrons. The van der Waals surface area contributed by atoms with Crippen molar-refractivity contribution in [3.8, 4) is 5.75 Å². The zero-order valence-electron chi connectivity index (χ0n) is 9.60. The normalized spacial score (nSPS) is 10.6. The fraction of sp³-hybridized carbons (Fsp3) is 0.167. The summed E-state index contributed by atoms with van der Waals surface area (Å²) in [6.45, 7) is 0. The van der Waals surface area contributed by atoms with Gasteiger partial charge in [-0.15, -0.1) is 11.8 Å². The van der Waals surface area contributed by atoms with Crippen molar-refractivity contribution in [2.75, 3.05) is 11.7 Å². The number of hydrogen-bond donors (Lipinski definition) is 1. The summed E-state index contributed by atoms with van der Waals surface area (Å²) >= 11 is 4.35. The Morgan fingerprint density at radius 2 is 2.26 bits per heavy atom. The zero-order chi connectivity index (χ0) is 13.8. The van der Waals surface area contributed by atoms with Crippen LogP contribution in [0.4, 0.5) is 4.39 Å². The number of aromatic nitrogens is 1. The number of ether oxygens (including phenoxy) is 1. The molecule has 0 atom stereocenters. The number of hydrogen-bond acceptors (Lipinski definition) is 4. The highest BCUT2D eigenvalue weighted by Gasteiger charge is 2.08. The lowest BCUT2D eigenvalue weighted by atomic mass is 10.2. The molecular weight excluding hydrogens is 337 g/mol. The Labute approximate surface area is 121 Å². The Morgan fingerprint density at radius 1 is 1.47 bits per heavy atom. The van der Waals surface area contributed by atoms with Crippen molar-refractivity contribution in [1.29, 1.82) is 0 Å². The molecule has 4 nitrogen and oxygen atoms in total. The molecule has 2 rings (SSSR count). The summed E-state index contributed by atoms with van der Waals surface area (Å²) in [5.41, 5.74) is 0.534. The Bertz CT molecular complexity index is 623. The van der Waals surface area contributed by atoms with Gasteiger partial charge in [0.1, 0.15) is 5.94 Å². The monoisotopic (exact) mass is 345 g/mol. The van der Waals surface area contributed by atoms with E-state index in [1.165, 1.54) is 6.07 Å². The van der Waals surface area contributed by atoms with Crippen molar-refractivity contribution in [2.24, 2.45) is 0 Å². The molecule has 19 heavy (non-hydrogen) atoms. The van der Waals surface area contributed by atoms with E-state index in [1.54, 1.807) is 18.3 Å². The predicted molar refractivity (Wildman–Crippen MR) is 75.0 cm³/mol. The molecule has 0 aliphatic heterocycles. The molecule has 2 aromatic rings. The number of thioether (sulfide) groups is 1. The van der Waals surface area contributed by atoms with Crippen LogP contribution >= 0.6 is 27.7 Å². The molecule has 1 aromatic carbocycles. The molecule has 0 spiro atoms. The molecule has 100 valence electrons. The van der Waals surface area contributed by atoms with Gasteiger partial charge in [-0.25, -0.2) is 4.39 Å². The molecular formula is C12H9BrFNO3S. The molecule has 1 N–H and O–H groups in total. The number of fused-ring (bicyclic) bond motifs is 1. The topological polar surface area (TPSA) is 59.4 Å². The van der Waals surface area contributed by atoms with Gasteiger partial charge in [-0.05, 0) is 28.1 Å². The van der Waals surface area contributed by atoms with E-state index in [4.69, 9.17) is 9.84 Å². The van der Waals surface area contributed by atoms with Crippen LogP contribution < -0.4 is 4.74 Å². The van der Waals surface area contributed by atoms with Gasteiger partial charge in [0.15, 0.2) is 11.6 Å². The standard InChI is InChI=1S/C12H9BrFNO3S/c13-8-1-7-2-11(18-6-19-5-12(16)17)9(14)3-10(7)15-4-8/h1-4H,5-6H2,(H,16,17). The second-order valence-electron chi connectivity index (χ2n) is 3.63. The van der Waals surface area contributed by atoms with Gasteiger partial charge in [0.2, 0.25) is 0 Å². The second-order valence-corrected chi connectivity index (χ2v) is 5.48. The van der Waals surface area contributed by atoms with Crippen molar-refractivity contribution in [3.05, 3.63) is 34.7 Å². The third-order valence-corrected chi connectivity index (χ3v) is 3.39. The molecule has 0 fully saturated rings. The highest BCUT2D eigenvalue weighted by molar-refractivity contribution is 9.10. The van der Waals surface area contributed by atoms with Crippen molar-refractivity contribution >= 4 is 44.6 Å². The molecule has 1 heterocycles. The molecule has 0 aliphatic rings. The van der Waals surface area contributed by atoms with Crippen molar-refractivity contribution in [2.45, 2.75) is 0 Å². The second kappa shape index (κ2) is 6.21. The number of halogens is 2. The summed E-state index contributed by atoms with van der Waals surface area (Å²) in [5.74, 6) is -1.36. The predicted octanol–water partition coefficient (Wildman–Crippen LogP) is 3.29. The van der Waals surface area contributed by atoms with Crippen LogP contribution in [0.15, 0.2) is 28.9 Å². The maximum absolute atomic E-state index is 13.7. The van der Waals surface area contributed by atoms with E-state index in [2.05, 4.69) is 20.9 Å². The quantitative estimate of drug-likeness (QED) is 0.665. The Kier molecular flexibility index (Phi) is 4.60. The molecule has 1 aromatic heterocycles. The number of pyridine rings is 1. The first-order valence-corrected chi connectivity index (χ1v) is 7.18. The third kappa shape index (κ3) is 3.81. The van der Waals surface area contributed by atoms with Crippen LogP contribution in [-0.2, 0) is 4.79 Å². The third-order valence-electron chi connectivity index (χ3n) is 2.22. The van der Waals surface area contributed by atoms with Gasteiger partial charge < -0.3 is 9.84 Å². The van der Waals surface area contributed by atoms with Gasteiger partial charge in [-0.1, -0.05) is 0 Å². The number of carboxylic acids is 1. The van der Waals surface area contributed by atoms with Crippen molar-refractivity contribution in [3.63, 3.8) is 0 Å². The summed E-state index contributed by atoms with van der Waals surface area (Å²) in [5, 5.41) is 9.22. The van der Waals surface area contributed by atoms with Crippen LogP contribution in [0.25, 0.3) is 10.9 Å².